The van der Waals surface area contributed by atoms with Crippen molar-refractivity contribution >= 4 is 21.9 Å². The van der Waals surface area contributed by atoms with Gasteiger partial charge in [0, 0.05) is 28.2 Å². The van der Waals surface area contributed by atoms with E-state index in [4.69, 9.17) is 4.74 Å². The minimum absolute atomic E-state index is 0.766. The van der Waals surface area contributed by atoms with Gasteiger partial charge in [-0.3, -0.25) is 0 Å². The first-order chi connectivity index (χ1) is 10.8. The predicted molar refractivity (Wildman–Crippen MR) is 85.9 cm³/mol. The van der Waals surface area contributed by atoms with Crippen LogP contribution in [0.4, 0.5) is 0 Å². The van der Waals surface area contributed by atoms with E-state index in [-0.39, 0.29) is 0 Å². The standard InChI is InChI=1S/C17H14N4O/c1-10-3-4-12-11(5-6-14(22-2)16(12)21-10)15-13-7-8-18-17(13)20-9-19-15/h3-9H,1-2H3,(H,18,19,20). The van der Waals surface area contributed by atoms with Crippen LogP contribution in [0.2, 0.25) is 0 Å². The quantitative estimate of drug-likeness (QED) is 0.614. The normalized spacial score (nSPS) is 11.2. The van der Waals surface area contributed by atoms with Crippen LogP contribution < -0.4 is 4.74 Å². The summed E-state index contributed by atoms with van der Waals surface area (Å²) in [5.41, 5.74) is 4.55. The summed E-state index contributed by atoms with van der Waals surface area (Å²) in [6.07, 6.45) is 3.45. The van der Waals surface area contributed by atoms with Crippen molar-refractivity contribution in [1.29, 1.82) is 0 Å². The van der Waals surface area contributed by atoms with E-state index in [1.54, 1.807) is 13.4 Å². The number of aromatic amines is 1. The maximum Gasteiger partial charge on any atom is 0.145 e. The molecule has 0 fully saturated rings. The summed E-state index contributed by atoms with van der Waals surface area (Å²) < 4.78 is 5.44. The number of H-pyrrole nitrogens is 1. The number of nitrogens with one attached hydrogen (secondary N) is 1. The Labute approximate surface area is 127 Å². The summed E-state index contributed by atoms with van der Waals surface area (Å²) in [6, 6.07) is 10.0. The van der Waals surface area contributed by atoms with Crippen LogP contribution in [0.25, 0.3) is 33.2 Å². The Hall–Kier alpha value is -2.95. The highest BCUT2D eigenvalue weighted by Gasteiger charge is 2.13. The molecule has 0 bridgehead atoms. The molecule has 4 rings (SSSR count). The fraction of sp³-hybridized carbons (Fsp3) is 0.118. The Balaban J connectivity index is 2.09. The summed E-state index contributed by atoms with van der Waals surface area (Å²) in [7, 11) is 1.66. The van der Waals surface area contributed by atoms with Crippen LogP contribution in [-0.2, 0) is 0 Å². The lowest BCUT2D eigenvalue weighted by atomic mass is 10.0. The number of benzene rings is 1. The molecule has 1 aromatic carbocycles. The van der Waals surface area contributed by atoms with Crippen LogP contribution in [0.1, 0.15) is 5.69 Å². The number of hydrogen-bond donors (Lipinski definition) is 1. The highest BCUT2D eigenvalue weighted by atomic mass is 16.5. The second-order valence-corrected chi connectivity index (χ2v) is 5.13. The lowest BCUT2D eigenvalue weighted by molar-refractivity contribution is 0.419. The van der Waals surface area contributed by atoms with E-state index in [1.807, 2.05) is 37.4 Å². The highest BCUT2D eigenvalue weighted by Crippen LogP contribution is 2.35. The number of rotatable bonds is 2. The molecule has 22 heavy (non-hydrogen) atoms. The van der Waals surface area contributed by atoms with Crippen LogP contribution in [0, 0.1) is 6.92 Å². The summed E-state index contributed by atoms with van der Waals surface area (Å²) in [6.45, 7) is 1.97. The van der Waals surface area contributed by atoms with Crippen LogP contribution in [0.15, 0.2) is 42.9 Å². The van der Waals surface area contributed by atoms with Crippen molar-refractivity contribution < 1.29 is 4.74 Å². The molecule has 3 heterocycles. The number of nitrogens with zero attached hydrogens (tertiary/aromatic N) is 3. The number of ether oxygens (including phenoxy) is 1. The van der Waals surface area contributed by atoms with Gasteiger partial charge in [-0.2, -0.15) is 0 Å². The van der Waals surface area contributed by atoms with Gasteiger partial charge in [-0.15, -0.1) is 0 Å². The zero-order valence-corrected chi connectivity index (χ0v) is 12.3. The summed E-state index contributed by atoms with van der Waals surface area (Å²) in [4.78, 5) is 16.5. The van der Waals surface area contributed by atoms with E-state index in [1.165, 1.54) is 0 Å². The minimum Gasteiger partial charge on any atom is -0.494 e. The first kappa shape index (κ1) is 12.8. The molecule has 4 aromatic rings. The third kappa shape index (κ3) is 1.83. The molecule has 0 radical (unpaired) electrons. The molecule has 5 heteroatoms. The molecule has 0 aliphatic rings. The van der Waals surface area contributed by atoms with Gasteiger partial charge in [-0.05, 0) is 31.2 Å². The molecule has 0 saturated heterocycles. The van der Waals surface area contributed by atoms with E-state index in [0.717, 1.165) is 44.6 Å². The van der Waals surface area contributed by atoms with Crippen LogP contribution in [-0.4, -0.2) is 27.0 Å². The van der Waals surface area contributed by atoms with Gasteiger partial charge in [0.15, 0.2) is 0 Å². The molecule has 0 atom stereocenters. The van der Waals surface area contributed by atoms with E-state index in [9.17, 15) is 0 Å². The van der Waals surface area contributed by atoms with E-state index < -0.39 is 0 Å². The Morgan fingerprint density at radius 2 is 1.91 bits per heavy atom. The van der Waals surface area contributed by atoms with Crippen molar-refractivity contribution in [2.45, 2.75) is 6.92 Å². The molecule has 1 N–H and O–H groups in total. The fourth-order valence-corrected chi connectivity index (χ4v) is 2.75. The number of aryl methyl sites for hydroxylation is 1. The first-order valence-corrected chi connectivity index (χ1v) is 7.01. The Morgan fingerprint density at radius 3 is 2.77 bits per heavy atom. The predicted octanol–water partition coefficient (Wildman–Crippen LogP) is 3.49. The maximum absolute atomic E-state index is 5.44. The molecule has 108 valence electrons. The second-order valence-electron chi connectivity index (χ2n) is 5.13. The van der Waals surface area contributed by atoms with Gasteiger partial charge in [0.25, 0.3) is 0 Å². The van der Waals surface area contributed by atoms with Crippen LogP contribution in [0.5, 0.6) is 5.75 Å². The van der Waals surface area contributed by atoms with E-state index in [0.29, 0.717) is 0 Å². The molecule has 0 aliphatic carbocycles. The van der Waals surface area contributed by atoms with Crippen molar-refractivity contribution in [2.24, 2.45) is 0 Å². The summed E-state index contributed by atoms with van der Waals surface area (Å²) in [5.74, 6) is 0.766. The van der Waals surface area contributed by atoms with Gasteiger partial charge in [0.05, 0.1) is 12.8 Å². The SMILES string of the molecule is COc1ccc(-c2ncnc3[nH]ccc23)c2ccc(C)nc12. The summed E-state index contributed by atoms with van der Waals surface area (Å²) >= 11 is 0. The second kappa shape index (κ2) is 4.80. The third-order valence-electron chi connectivity index (χ3n) is 3.79. The van der Waals surface area contributed by atoms with Crippen molar-refractivity contribution in [3.05, 3.63) is 48.5 Å². The van der Waals surface area contributed by atoms with Crippen molar-refractivity contribution in [1.82, 2.24) is 19.9 Å². The molecular weight excluding hydrogens is 276 g/mol. The highest BCUT2D eigenvalue weighted by molar-refractivity contribution is 6.03. The zero-order valence-electron chi connectivity index (χ0n) is 12.3. The van der Waals surface area contributed by atoms with Gasteiger partial charge in [0.2, 0.25) is 0 Å². The van der Waals surface area contributed by atoms with Gasteiger partial charge < -0.3 is 9.72 Å². The minimum atomic E-state index is 0.766. The molecule has 0 spiro atoms. The van der Waals surface area contributed by atoms with E-state index >= 15 is 0 Å². The fourth-order valence-electron chi connectivity index (χ4n) is 2.75. The molecule has 0 saturated carbocycles. The Morgan fingerprint density at radius 1 is 1.00 bits per heavy atom. The van der Waals surface area contributed by atoms with Crippen molar-refractivity contribution in [3.63, 3.8) is 0 Å². The van der Waals surface area contributed by atoms with Crippen LogP contribution in [0.3, 0.4) is 0 Å². The molecular formula is C17H14N4O. The molecule has 0 amide bonds. The lowest BCUT2D eigenvalue weighted by Gasteiger charge is -2.10. The number of hydrogen-bond acceptors (Lipinski definition) is 4. The van der Waals surface area contributed by atoms with Gasteiger partial charge in [-0.1, -0.05) is 6.07 Å². The summed E-state index contributed by atoms with van der Waals surface area (Å²) in [5, 5.41) is 2.01. The number of aromatic nitrogens is 4. The molecule has 5 nitrogen and oxygen atoms in total. The molecule has 0 unspecified atom stereocenters. The topological polar surface area (TPSA) is 63.7 Å². The van der Waals surface area contributed by atoms with Gasteiger partial charge in [-0.25, -0.2) is 15.0 Å². The first-order valence-electron chi connectivity index (χ1n) is 7.01. The van der Waals surface area contributed by atoms with Gasteiger partial charge >= 0.3 is 0 Å². The van der Waals surface area contributed by atoms with E-state index in [2.05, 4.69) is 26.0 Å². The van der Waals surface area contributed by atoms with Crippen molar-refractivity contribution in [2.75, 3.05) is 7.11 Å². The smallest absolute Gasteiger partial charge is 0.145 e. The third-order valence-corrected chi connectivity index (χ3v) is 3.79. The Kier molecular flexibility index (Phi) is 2.79. The molecule has 0 aliphatic heterocycles. The Bertz CT molecular complexity index is 990. The number of fused-ring (bicyclic) bond motifs is 2. The average molecular weight is 290 g/mol. The van der Waals surface area contributed by atoms with Crippen LogP contribution >= 0.6 is 0 Å². The monoisotopic (exact) mass is 290 g/mol. The lowest BCUT2D eigenvalue weighted by Crippen LogP contribution is -1.94. The van der Waals surface area contributed by atoms with Gasteiger partial charge in [0.1, 0.15) is 23.2 Å². The molecule has 3 aromatic heterocycles. The van der Waals surface area contributed by atoms with Crippen molar-refractivity contribution in [3.8, 4) is 17.0 Å². The number of pyridine rings is 1. The number of methoxy groups -OCH3 is 1. The largest absolute Gasteiger partial charge is 0.494 e. The average Bonchev–Trinajstić information content (AvgIpc) is 3.02. The zero-order chi connectivity index (χ0) is 15.1. The maximum atomic E-state index is 5.44.